The number of hydrogen-bond acceptors (Lipinski definition) is 2. The molecule has 0 aliphatic heterocycles. The molecule has 0 saturated carbocycles. The SMILES string of the molecule is Cc1ccccc1C(CC(=O)NC(c1ccccc1)c1ccccc1)c1cnc2ccccn12. The Morgan fingerprint density at radius 2 is 1.44 bits per heavy atom. The van der Waals surface area contributed by atoms with E-state index in [1.807, 2.05) is 79.1 Å². The summed E-state index contributed by atoms with van der Waals surface area (Å²) in [5.74, 6) is -0.123. The Morgan fingerprint density at radius 1 is 0.824 bits per heavy atom. The van der Waals surface area contributed by atoms with Crippen molar-refractivity contribution in [2.45, 2.75) is 25.3 Å². The quantitative estimate of drug-likeness (QED) is 0.330. The summed E-state index contributed by atoms with van der Waals surface area (Å²) in [5.41, 5.74) is 6.31. The Balaban J connectivity index is 1.50. The summed E-state index contributed by atoms with van der Waals surface area (Å²) in [6.45, 7) is 2.10. The second-order valence-corrected chi connectivity index (χ2v) is 8.55. The largest absolute Gasteiger partial charge is 0.345 e. The number of pyridine rings is 1. The lowest BCUT2D eigenvalue weighted by Crippen LogP contribution is -2.30. The van der Waals surface area contributed by atoms with Gasteiger partial charge in [0.2, 0.25) is 5.91 Å². The molecule has 0 radical (unpaired) electrons. The average Bonchev–Trinajstić information content (AvgIpc) is 3.31. The summed E-state index contributed by atoms with van der Waals surface area (Å²) in [6.07, 6.45) is 4.23. The summed E-state index contributed by atoms with van der Waals surface area (Å²) in [4.78, 5) is 18.2. The van der Waals surface area contributed by atoms with Crippen molar-refractivity contribution >= 4 is 11.6 Å². The summed E-state index contributed by atoms with van der Waals surface area (Å²) >= 11 is 0. The molecule has 2 heterocycles. The molecule has 2 aromatic heterocycles. The molecular formula is C30H27N3O. The number of nitrogens with one attached hydrogen (secondary N) is 1. The third-order valence-corrected chi connectivity index (χ3v) is 6.33. The number of nitrogens with zero attached hydrogens (tertiary/aromatic N) is 2. The number of benzene rings is 3. The zero-order valence-corrected chi connectivity index (χ0v) is 19.1. The summed E-state index contributed by atoms with van der Waals surface area (Å²) in [6, 6.07) is 34.3. The molecule has 168 valence electrons. The normalized spacial score (nSPS) is 12.1. The van der Waals surface area contributed by atoms with Crippen LogP contribution in [0, 0.1) is 6.92 Å². The van der Waals surface area contributed by atoms with Gasteiger partial charge in [0, 0.05) is 24.7 Å². The van der Waals surface area contributed by atoms with Crippen molar-refractivity contribution in [3.8, 4) is 0 Å². The minimum atomic E-state index is -0.213. The lowest BCUT2D eigenvalue weighted by molar-refractivity contribution is -0.121. The molecular weight excluding hydrogens is 418 g/mol. The maximum atomic E-state index is 13.6. The third kappa shape index (κ3) is 4.48. The van der Waals surface area contributed by atoms with E-state index in [9.17, 15) is 4.79 Å². The molecule has 1 unspecified atom stereocenters. The lowest BCUT2D eigenvalue weighted by atomic mass is 9.89. The zero-order valence-electron chi connectivity index (χ0n) is 19.1. The fraction of sp³-hybridized carbons (Fsp3) is 0.133. The Kier molecular flexibility index (Phi) is 6.21. The molecule has 1 atom stereocenters. The smallest absolute Gasteiger partial charge is 0.221 e. The molecule has 5 aromatic rings. The average molecular weight is 446 g/mol. The number of amides is 1. The predicted octanol–water partition coefficient (Wildman–Crippen LogP) is 6.07. The highest BCUT2D eigenvalue weighted by Gasteiger charge is 2.25. The maximum absolute atomic E-state index is 13.6. The second-order valence-electron chi connectivity index (χ2n) is 8.55. The number of aromatic nitrogens is 2. The first-order chi connectivity index (χ1) is 16.7. The predicted molar refractivity (Wildman–Crippen MR) is 136 cm³/mol. The van der Waals surface area contributed by atoms with Crippen LogP contribution in [-0.4, -0.2) is 15.3 Å². The van der Waals surface area contributed by atoms with E-state index in [0.29, 0.717) is 6.42 Å². The number of fused-ring (bicyclic) bond motifs is 1. The van der Waals surface area contributed by atoms with E-state index in [0.717, 1.165) is 33.6 Å². The van der Waals surface area contributed by atoms with E-state index in [4.69, 9.17) is 0 Å². The van der Waals surface area contributed by atoms with E-state index in [-0.39, 0.29) is 17.9 Å². The highest BCUT2D eigenvalue weighted by molar-refractivity contribution is 5.78. The summed E-state index contributed by atoms with van der Waals surface area (Å²) in [5, 5.41) is 3.31. The number of aryl methyl sites for hydroxylation is 1. The molecule has 0 bridgehead atoms. The van der Waals surface area contributed by atoms with Gasteiger partial charge in [-0.15, -0.1) is 0 Å². The van der Waals surface area contributed by atoms with Gasteiger partial charge in [-0.25, -0.2) is 4.98 Å². The molecule has 34 heavy (non-hydrogen) atoms. The molecule has 5 rings (SSSR count). The van der Waals surface area contributed by atoms with E-state index in [1.54, 1.807) is 0 Å². The van der Waals surface area contributed by atoms with Gasteiger partial charge in [-0.3, -0.25) is 4.79 Å². The van der Waals surface area contributed by atoms with Crippen LogP contribution in [0.15, 0.2) is 116 Å². The fourth-order valence-electron chi connectivity index (χ4n) is 4.62. The Labute approximate surface area is 199 Å². The highest BCUT2D eigenvalue weighted by atomic mass is 16.1. The van der Waals surface area contributed by atoms with Gasteiger partial charge >= 0.3 is 0 Å². The number of imidazole rings is 1. The third-order valence-electron chi connectivity index (χ3n) is 6.33. The van der Waals surface area contributed by atoms with Crippen LogP contribution in [0.1, 0.15) is 46.3 Å². The van der Waals surface area contributed by atoms with E-state index < -0.39 is 0 Å². The van der Waals surface area contributed by atoms with Crippen LogP contribution < -0.4 is 5.32 Å². The van der Waals surface area contributed by atoms with Crippen molar-refractivity contribution in [3.05, 3.63) is 143 Å². The van der Waals surface area contributed by atoms with Crippen LogP contribution in [0.5, 0.6) is 0 Å². The van der Waals surface area contributed by atoms with Gasteiger partial charge in [-0.05, 0) is 41.3 Å². The monoisotopic (exact) mass is 445 g/mol. The Bertz CT molecular complexity index is 1350. The molecule has 0 saturated heterocycles. The van der Waals surface area contributed by atoms with Crippen LogP contribution in [0.25, 0.3) is 5.65 Å². The molecule has 3 aromatic carbocycles. The molecule has 4 heteroatoms. The van der Waals surface area contributed by atoms with Crippen LogP contribution in [0.3, 0.4) is 0 Å². The van der Waals surface area contributed by atoms with Crippen molar-refractivity contribution in [1.82, 2.24) is 14.7 Å². The van der Waals surface area contributed by atoms with Gasteiger partial charge in [0.05, 0.1) is 11.7 Å². The minimum Gasteiger partial charge on any atom is -0.345 e. The van der Waals surface area contributed by atoms with Crippen molar-refractivity contribution < 1.29 is 4.79 Å². The number of carbonyl (C=O) groups is 1. The van der Waals surface area contributed by atoms with Crippen LogP contribution in [0.4, 0.5) is 0 Å². The van der Waals surface area contributed by atoms with Gasteiger partial charge in [0.1, 0.15) is 5.65 Å². The Hall–Kier alpha value is -4.18. The number of carbonyl (C=O) groups excluding carboxylic acids is 1. The molecule has 0 fully saturated rings. The summed E-state index contributed by atoms with van der Waals surface area (Å²) < 4.78 is 2.08. The van der Waals surface area contributed by atoms with Crippen molar-refractivity contribution in [1.29, 1.82) is 0 Å². The van der Waals surface area contributed by atoms with Gasteiger partial charge in [-0.2, -0.15) is 0 Å². The minimum absolute atomic E-state index is 0.00293. The van der Waals surface area contributed by atoms with Gasteiger partial charge in [-0.1, -0.05) is 91.0 Å². The first-order valence-corrected chi connectivity index (χ1v) is 11.6. The van der Waals surface area contributed by atoms with Crippen molar-refractivity contribution in [2.24, 2.45) is 0 Å². The van der Waals surface area contributed by atoms with E-state index >= 15 is 0 Å². The topological polar surface area (TPSA) is 46.4 Å². The van der Waals surface area contributed by atoms with Crippen molar-refractivity contribution in [2.75, 3.05) is 0 Å². The molecule has 1 N–H and O–H groups in total. The first kappa shape index (κ1) is 21.7. The first-order valence-electron chi connectivity index (χ1n) is 11.6. The Morgan fingerprint density at radius 3 is 2.12 bits per heavy atom. The van der Waals surface area contributed by atoms with Crippen molar-refractivity contribution in [3.63, 3.8) is 0 Å². The lowest BCUT2D eigenvalue weighted by Gasteiger charge is -2.23. The van der Waals surface area contributed by atoms with Crippen LogP contribution in [-0.2, 0) is 4.79 Å². The zero-order chi connectivity index (χ0) is 23.3. The maximum Gasteiger partial charge on any atom is 0.221 e. The molecule has 0 aliphatic carbocycles. The molecule has 4 nitrogen and oxygen atoms in total. The molecule has 1 amide bonds. The van der Waals surface area contributed by atoms with Gasteiger partial charge in [0.15, 0.2) is 0 Å². The van der Waals surface area contributed by atoms with Gasteiger partial charge < -0.3 is 9.72 Å². The number of rotatable bonds is 7. The second kappa shape index (κ2) is 9.75. The summed E-state index contributed by atoms with van der Waals surface area (Å²) in [7, 11) is 0. The fourth-order valence-corrected chi connectivity index (χ4v) is 4.62. The van der Waals surface area contributed by atoms with Gasteiger partial charge in [0.25, 0.3) is 0 Å². The highest BCUT2D eigenvalue weighted by Crippen LogP contribution is 2.32. The number of hydrogen-bond donors (Lipinski definition) is 1. The molecule has 0 aliphatic rings. The van der Waals surface area contributed by atoms with Crippen LogP contribution in [0.2, 0.25) is 0 Å². The standard InChI is InChI=1S/C30H27N3O/c1-22-12-8-9-17-25(22)26(27-21-31-28-18-10-11-19-33(27)28)20-29(34)32-30(23-13-4-2-5-14-23)24-15-6-3-7-16-24/h2-19,21,26,30H,20H2,1H3,(H,32,34). The van der Waals surface area contributed by atoms with Crippen LogP contribution >= 0.6 is 0 Å². The van der Waals surface area contributed by atoms with E-state index in [2.05, 4.69) is 58.0 Å². The molecule has 0 spiro atoms. The van der Waals surface area contributed by atoms with E-state index in [1.165, 1.54) is 0 Å².